The summed E-state index contributed by atoms with van der Waals surface area (Å²) >= 11 is 0. The van der Waals surface area contributed by atoms with E-state index < -0.39 is 5.92 Å². The van der Waals surface area contributed by atoms with E-state index >= 15 is 0 Å². The normalized spacial score (nSPS) is 16.2. The van der Waals surface area contributed by atoms with Crippen molar-refractivity contribution in [2.45, 2.75) is 19.9 Å². The predicted octanol–water partition coefficient (Wildman–Crippen LogP) is 2.82. The zero-order valence-corrected chi connectivity index (χ0v) is 17.1. The van der Waals surface area contributed by atoms with Gasteiger partial charge in [0.05, 0.1) is 20.1 Å². The lowest BCUT2D eigenvalue weighted by atomic mass is 10.1. The molecule has 0 unspecified atom stereocenters. The number of amides is 2. The quantitative estimate of drug-likeness (QED) is 0.673. The van der Waals surface area contributed by atoms with Crippen LogP contribution in [0.5, 0.6) is 11.5 Å². The van der Waals surface area contributed by atoms with Gasteiger partial charge in [-0.3, -0.25) is 9.59 Å². The highest BCUT2D eigenvalue weighted by Gasteiger charge is 2.35. The Hall–Kier alpha value is -3.55. The molecule has 0 aliphatic carbocycles. The minimum Gasteiger partial charge on any atom is -0.493 e. The van der Waals surface area contributed by atoms with Gasteiger partial charge in [-0.15, -0.1) is 0 Å². The predicted molar refractivity (Wildman–Crippen MR) is 111 cm³/mol. The molecule has 0 saturated carbocycles. The van der Waals surface area contributed by atoms with Crippen LogP contribution in [0.15, 0.2) is 40.8 Å². The van der Waals surface area contributed by atoms with Crippen LogP contribution >= 0.6 is 0 Å². The van der Waals surface area contributed by atoms with Gasteiger partial charge in [0.2, 0.25) is 11.8 Å². The molecule has 2 amide bonds. The van der Waals surface area contributed by atoms with Crippen LogP contribution in [0, 0.1) is 12.8 Å². The summed E-state index contributed by atoms with van der Waals surface area (Å²) in [4.78, 5) is 31.1. The number of aromatic nitrogens is 1. The van der Waals surface area contributed by atoms with Gasteiger partial charge in [-0.05, 0) is 35.9 Å². The first-order chi connectivity index (χ1) is 14.5. The highest BCUT2D eigenvalue weighted by molar-refractivity contribution is 6.01. The minimum absolute atomic E-state index is 0.0826. The Labute approximate surface area is 173 Å². The van der Waals surface area contributed by atoms with Gasteiger partial charge in [-0.1, -0.05) is 6.07 Å². The van der Waals surface area contributed by atoms with Crippen molar-refractivity contribution >= 4 is 28.6 Å². The Morgan fingerprint density at radius 2 is 2.00 bits per heavy atom. The van der Waals surface area contributed by atoms with E-state index in [0.29, 0.717) is 41.6 Å². The molecule has 0 bridgehead atoms. The number of rotatable bonds is 6. The highest BCUT2D eigenvalue weighted by Crippen LogP contribution is 2.29. The molecule has 2 aromatic carbocycles. The van der Waals surface area contributed by atoms with E-state index in [2.05, 4.69) is 10.3 Å². The number of benzene rings is 2. The van der Waals surface area contributed by atoms with Gasteiger partial charge in [0.25, 0.3) is 0 Å². The van der Waals surface area contributed by atoms with Crippen LogP contribution in [0.3, 0.4) is 0 Å². The topological polar surface area (TPSA) is 93.9 Å². The number of nitrogens with one attached hydrogen (secondary N) is 1. The maximum atomic E-state index is 12.7. The van der Waals surface area contributed by atoms with Gasteiger partial charge in [-0.25, -0.2) is 4.98 Å². The molecule has 2 heterocycles. The second-order valence-corrected chi connectivity index (χ2v) is 7.20. The van der Waals surface area contributed by atoms with E-state index in [1.54, 1.807) is 38.2 Å². The van der Waals surface area contributed by atoms with Crippen LogP contribution in [0.2, 0.25) is 0 Å². The van der Waals surface area contributed by atoms with E-state index in [0.717, 1.165) is 11.3 Å². The molecule has 1 aromatic heterocycles. The molecular formula is C22H23N3O5. The maximum absolute atomic E-state index is 12.7. The molecule has 1 aliphatic rings. The number of nitrogens with zero attached hydrogens (tertiary/aromatic N) is 2. The number of carbonyl (C=O) groups is 2. The van der Waals surface area contributed by atoms with Crippen LogP contribution < -0.4 is 19.7 Å². The van der Waals surface area contributed by atoms with Crippen LogP contribution in [0.4, 0.5) is 5.69 Å². The summed E-state index contributed by atoms with van der Waals surface area (Å²) < 4.78 is 16.0. The number of hydrogen-bond donors (Lipinski definition) is 1. The number of methoxy groups -OCH3 is 2. The average molecular weight is 409 g/mol. The Kier molecular flexibility index (Phi) is 5.31. The van der Waals surface area contributed by atoms with E-state index in [4.69, 9.17) is 13.9 Å². The standard InChI is InChI=1S/C22H23N3O5/c1-13-24-17-10-16(5-7-18(17)30-13)25-12-15(9-21(25)26)22(27)23-11-14-4-6-19(28-2)20(8-14)29-3/h4-8,10,15H,9,11-12H2,1-3H3,(H,23,27)/t15-/m0/s1. The van der Waals surface area contributed by atoms with Crippen molar-refractivity contribution in [3.05, 3.63) is 47.9 Å². The molecule has 1 aliphatic heterocycles. The number of fused-ring (bicyclic) bond motifs is 1. The van der Waals surface area contributed by atoms with Crippen molar-refractivity contribution < 1.29 is 23.5 Å². The molecule has 8 nitrogen and oxygen atoms in total. The highest BCUT2D eigenvalue weighted by atomic mass is 16.5. The zero-order valence-electron chi connectivity index (χ0n) is 17.1. The molecule has 1 N–H and O–H groups in total. The maximum Gasteiger partial charge on any atom is 0.227 e. The molecule has 30 heavy (non-hydrogen) atoms. The number of oxazole rings is 1. The number of ether oxygens (including phenoxy) is 2. The number of carbonyl (C=O) groups excluding carboxylic acids is 2. The van der Waals surface area contributed by atoms with Crippen molar-refractivity contribution in [1.82, 2.24) is 10.3 Å². The van der Waals surface area contributed by atoms with Gasteiger partial charge in [0, 0.05) is 32.1 Å². The van der Waals surface area contributed by atoms with Crippen molar-refractivity contribution in [2.24, 2.45) is 5.92 Å². The van der Waals surface area contributed by atoms with Crippen LogP contribution in [-0.4, -0.2) is 37.6 Å². The van der Waals surface area contributed by atoms with Crippen LogP contribution in [0.1, 0.15) is 17.9 Å². The second-order valence-electron chi connectivity index (χ2n) is 7.20. The number of hydrogen-bond acceptors (Lipinski definition) is 6. The fourth-order valence-corrected chi connectivity index (χ4v) is 3.66. The third kappa shape index (κ3) is 3.80. The number of anilines is 1. The minimum atomic E-state index is -0.410. The first-order valence-corrected chi connectivity index (χ1v) is 9.64. The summed E-state index contributed by atoms with van der Waals surface area (Å²) in [6.07, 6.45) is 0.174. The molecule has 4 rings (SSSR count). The van der Waals surface area contributed by atoms with E-state index in [1.807, 2.05) is 24.3 Å². The Morgan fingerprint density at radius 3 is 2.77 bits per heavy atom. The smallest absolute Gasteiger partial charge is 0.227 e. The number of aryl methyl sites for hydroxylation is 1. The van der Waals surface area contributed by atoms with Crippen molar-refractivity contribution in [2.75, 3.05) is 25.7 Å². The molecule has 156 valence electrons. The summed E-state index contributed by atoms with van der Waals surface area (Å²) in [5.41, 5.74) is 2.97. The lowest BCUT2D eigenvalue weighted by molar-refractivity contribution is -0.126. The molecule has 1 atom stereocenters. The third-order valence-corrected chi connectivity index (χ3v) is 5.20. The monoisotopic (exact) mass is 409 g/mol. The molecule has 0 radical (unpaired) electrons. The van der Waals surface area contributed by atoms with Crippen molar-refractivity contribution in [3.8, 4) is 11.5 Å². The Morgan fingerprint density at radius 1 is 1.20 bits per heavy atom. The molecule has 1 saturated heterocycles. The summed E-state index contributed by atoms with van der Waals surface area (Å²) in [5.74, 6) is 1.16. The average Bonchev–Trinajstić information content (AvgIpc) is 3.32. The Balaban J connectivity index is 1.41. The molecule has 8 heteroatoms. The van der Waals surface area contributed by atoms with Crippen molar-refractivity contribution in [3.63, 3.8) is 0 Å². The summed E-state index contributed by atoms with van der Waals surface area (Å²) in [6.45, 7) is 2.45. The largest absolute Gasteiger partial charge is 0.493 e. The van der Waals surface area contributed by atoms with E-state index in [9.17, 15) is 9.59 Å². The summed E-state index contributed by atoms with van der Waals surface area (Å²) in [6, 6.07) is 10.9. The lowest BCUT2D eigenvalue weighted by Gasteiger charge is -2.16. The van der Waals surface area contributed by atoms with Crippen LogP contribution in [-0.2, 0) is 16.1 Å². The third-order valence-electron chi connectivity index (χ3n) is 5.20. The molecule has 3 aromatic rings. The van der Waals surface area contributed by atoms with Gasteiger partial charge in [0.1, 0.15) is 5.52 Å². The second kappa shape index (κ2) is 8.06. The Bertz CT molecular complexity index is 1110. The SMILES string of the molecule is COc1ccc(CNC(=O)[C@H]2CC(=O)N(c3ccc4oc(C)nc4c3)C2)cc1OC. The van der Waals surface area contributed by atoms with Gasteiger partial charge >= 0.3 is 0 Å². The van der Waals surface area contributed by atoms with Gasteiger partial charge < -0.3 is 24.1 Å². The molecule has 1 fully saturated rings. The zero-order chi connectivity index (χ0) is 21.3. The molecular weight excluding hydrogens is 386 g/mol. The van der Waals surface area contributed by atoms with E-state index in [-0.39, 0.29) is 18.2 Å². The summed E-state index contributed by atoms with van der Waals surface area (Å²) in [7, 11) is 3.14. The fraction of sp³-hybridized carbons (Fsp3) is 0.318. The lowest BCUT2D eigenvalue weighted by Crippen LogP contribution is -2.32. The van der Waals surface area contributed by atoms with Gasteiger partial charge in [0.15, 0.2) is 23.0 Å². The summed E-state index contributed by atoms with van der Waals surface area (Å²) in [5, 5.41) is 2.91. The fourth-order valence-electron chi connectivity index (χ4n) is 3.66. The first-order valence-electron chi connectivity index (χ1n) is 9.64. The van der Waals surface area contributed by atoms with Crippen LogP contribution in [0.25, 0.3) is 11.1 Å². The van der Waals surface area contributed by atoms with Crippen molar-refractivity contribution in [1.29, 1.82) is 0 Å². The molecule has 0 spiro atoms. The van der Waals surface area contributed by atoms with Gasteiger partial charge in [-0.2, -0.15) is 0 Å². The van der Waals surface area contributed by atoms with E-state index in [1.165, 1.54) is 0 Å². The first kappa shape index (κ1) is 19.8.